The molecule has 1 heterocycles. The second-order valence-electron chi connectivity index (χ2n) is 2.72. The molecule has 0 atom stereocenters. The van der Waals surface area contributed by atoms with Crippen molar-refractivity contribution in [2.75, 3.05) is 0 Å². The van der Waals surface area contributed by atoms with Gasteiger partial charge in [-0.15, -0.1) is 0 Å². The highest BCUT2D eigenvalue weighted by atomic mass is 16.3. The third-order valence-electron chi connectivity index (χ3n) is 1.76. The van der Waals surface area contributed by atoms with Gasteiger partial charge in [-0.05, 0) is 18.2 Å². The Labute approximate surface area is 92.0 Å². The highest BCUT2D eigenvalue weighted by molar-refractivity contribution is 5.65. The predicted molar refractivity (Wildman–Crippen MR) is 57.8 cm³/mol. The molecule has 5 heteroatoms. The van der Waals surface area contributed by atoms with Crippen molar-refractivity contribution in [1.82, 2.24) is 9.97 Å². The number of para-hydroxylation sites is 1. The number of nitrogens with zero attached hydrogens (tertiary/aromatic N) is 2. The number of aromatic hydroxyl groups is 1. The fourth-order valence-corrected chi connectivity index (χ4v) is 1.14. The summed E-state index contributed by atoms with van der Waals surface area (Å²) < 4.78 is 0. The predicted octanol–water partition coefficient (Wildman–Crippen LogP) is 1.55. The van der Waals surface area contributed by atoms with E-state index >= 15 is 0 Å². The van der Waals surface area contributed by atoms with Gasteiger partial charge in [-0.1, -0.05) is 12.1 Å². The summed E-state index contributed by atoms with van der Waals surface area (Å²) in [7, 11) is 0. The summed E-state index contributed by atoms with van der Waals surface area (Å²) in [6, 6.07) is 8.85. The zero-order chi connectivity index (χ0) is 11.8. The van der Waals surface area contributed by atoms with Crippen LogP contribution in [0.3, 0.4) is 0 Å². The lowest BCUT2D eigenvalue weighted by Crippen LogP contribution is -1.83. The van der Waals surface area contributed by atoms with Crippen LogP contribution in [-0.2, 0) is 4.79 Å². The number of aromatic nitrogens is 2. The van der Waals surface area contributed by atoms with Crippen molar-refractivity contribution in [1.29, 1.82) is 0 Å². The van der Waals surface area contributed by atoms with Gasteiger partial charge >= 0.3 is 0 Å². The molecule has 0 saturated carbocycles. The minimum Gasteiger partial charge on any atom is -0.507 e. The molecule has 2 rings (SSSR count). The van der Waals surface area contributed by atoms with Crippen molar-refractivity contribution in [3.05, 3.63) is 42.9 Å². The van der Waals surface area contributed by atoms with Crippen LogP contribution < -0.4 is 0 Å². The number of rotatable bonds is 1. The van der Waals surface area contributed by atoms with Crippen molar-refractivity contribution < 1.29 is 15.0 Å². The standard InChI is InChI=1S/C10H8N2O.CH2O2/c13-10-4-2-1-3-8(10)9-5-6-11-7-12-9;2-1-3/h1-7,13H;1H,(H,2,3). The lowest BCUT2D eigenvalue weighted by Gasteiger charge is -2.01. The van der Waals surface area contributed by atoms with E-state index in [2.05, 4.69) is 9.97 Å². The highest BCUT2D eigenvalue weighted by Gasteiger charge is 2.02. The Morgan fingerprint density at radius 1 is 1.19 bits per heavy atom. The summed E-state index contributed by atoms with van der Waals surface area (Å²) in [6.07, 6.45) is 3.11. The Morgan fingerprint density at radius 2 is 1.88 bits per heavy atom. The Morgan fingerprint density at radius 3 is 2.44 bits per heavy atom. The van der Waals surface area contributed by atoms with Crippen molar-refractivity contribution in [2.24, 2.45) is 0 Å². The van der Waals surface area contributed by atoms with Gasteiger partial charge in [-0.2, -0.15) is 0 Å². The van der Waals surface area contributed by atoms with Crippen LogP contribution >= 0.6 is 0 Å². The van der Waals surface area contributed by atoms with E-state index in [1.807, 2.05) is 12.1 Å². The summed E-state index contributed by atoms with van der Waals surface area (Å²) >= 11 is 0. The second-order valence-corrected chi connectivity index (χ2v) is 2.72. The van der Waals surface area contributed by atoms with Crippen molar-refractivity contribution in [3.63, 3.8) is 0 Å². The largest absolute Gasteiger partial charge is 0.507 e. The Kier molecular flexibility index (Phi) is 4.46. The van der Waals surface area contributed by atoms with Gasteiger partial charge < -0.3 is 10.2 Å². The molecule has 0 bridgehead atoms. The number of hydrogen-bond donors (Lipinski definition) is 2. The van der Waals surface area contributed by atoms with Crippen LogP contribution in [0.5, 0.6) is 5.75 Å². The van der Waals surface area contributed by atoms with Crippen LogP contribution in [0, 0.1) is 0 Å². The van der Waals surface area contributed by atoms with Crippen molar-refractivity contribution in [3.8, 4) is 17.0 Å². The monoisotopic (exact) mass is 218 g/mol. The lowest BCUT2D eigenvalue weighted by atomic mass is 10.1. The molecule has 2 N–H and O–H groups in total. The molecule has 0 aliphatic carbocycles. The Bertz CT molecular complexity index is 446. The van der Waals surface area contributed by atoms with E-state index in [9.17, 15) is 5.11 Å². The van der Waals surface area contributed by atoms with Crippen LogP contribution in [0.25, 0.3) is 11.3 Å². The Balaban J connectivity index is 0.000000386. The molecule has 0 aliphatic heterocycles. The number of carboxylic acid groups (broad SMARTS) is 1. The van der Waals surface area contributed by atoms with Crippen LogP contribution in [0.1, 0.15) is 0 Å². The maximum atomic E-state index is 9.50. The molecule has 5 nitrogen and oxygen atoms in total. The summed E-state index contributed by atoms with van der Waals surface area (Å²) in [5, 5.41) is 16.4. The van der Waals surface area contributed by atoms with Gasteiger partial charge in [-0.3, -0.25) is 4.79 Å². The van der Waals surface area contributed by atoms with Gasteiger partial charge in [0.1, 0.15) is 12.1 Å². The molecule has 1 aromatic heterocycles. The molecule has 0 radical (unpaired) electrons. The minimum absolute atomic E-state index is 0.237. The molecule has 0 spiro atoms. The lowest BCUT2D eigenvalue weighted by molar-refractivity contribution is -0.122. The van der Waals surface area contributed by atoms with Gasteiger partial charge in [0.2, 0.25) is 0 Å². The first-order valence-electron chi connectivity index (χ1n) is 4.42. The van der Waals surface area contributed by atoms with Gasteiger partial charge in [0.25, 0.3) is 6.47 Å². The molecule has 0 saturated heterocycles. The first-order valence-corrected chi connectivity index (χ1v) is 4.42. The van der Waals surface area contributed by atoms with E-state index in [0.29, 0.717) is 0 Å². The van der Waals surface area contributed by atoms with E-state index in [-0.39, 0.29) is 12.2 Å². The van der Waals surface area contributed by atoms with Gasteiger partial charge in [0, 0.05) is 11.8 Å². The summed E-state index contributed by atoms with van der Waals surface area (Å²) in [6.45, 7) is -0.250. The highest BCUT2D eigenvalue weighted by Crippen LogP contribution is 2.25. The summed E-state index contributed by atoms with van der Waals surface area (Å²) in [5.41, 5.74) is 1.46. The molecule has 82 valence electrons. The molecule has 2 aromatic rings. The van der Waals surface area contributed by atoms with E-state index in [4.69, 9.17) is 9.90 Å². The molecule has 0 unspecified atom stereocenters. The molecule has 1 aromatic carbocycles. The summed E-state index contributed by atoms with van der Waals surface area (Å²) in [4.78, 5) is 16.2. The van der Waals surface area contributed by atoms with E-state index < -0.39 is 0 Å². The van der Waals surface area contributed by atoms with E-state index in [1.165, 1.54) is 6.33 Å². The number of carbonyl (C=O) groups is 1. The smallest absolute Gasteiger partial charge is 0.290 e. The quantitative estimate of drug-likeness (QED) is 0.709. The maximum absolute atomic E-state index is 9.50. The van der Waals surface area contributed by atoms with Crippen molar-refractivity contribution >= 4 is 6.47 Å². The molecular formula is C11H10N2O3. The number of benzene rings is 1. The van der Waals surface area contributed by atoms with Crippen LogP contribution in [0.2, 0.25) is 0 Å². The third kappa shape index (κ3) is 3.06. The second kappa shape index (κ2) is 6.13. The van der Waals surface area contributed by atoms with Gasteiger partial charge in [0.15, 0.2) is 0 Å². The van der Waals surface area contributed by atoms with Gasteiger partial charge in [-0.25, -0.2) is 9.97 Å². The average molecular weight is 218 g/mol. The normalized spacial score (nSPS) is 8.75. The van der Waals surface area contributed by atoms with Gasteiger partial charge in [0.05, 0.1) is 5.69 Å². The van der Waals surface area contributed by atoms with E-state index in [0.717, 1.165) is 11.3 Å². The number of phenolic OH excluding ortho intramolecular Hbond substituents is 1. The zero-order valence-corrected chi connectivity index (χ0v) is 8.32. The molecule has 16 heavy (non-hydrogen) atoms. The molecular weight excluding hydrogens is 208 g/mol. The van der Waals surface area contributed by atoms with Crippen LogP contribution in [0.4, 0.5) is 0 Å². The fraction of sp³-hybridized carbons (Fsp3) is 0. The first-order chi connectivity index (χ1) is 7.79. The minimum atomic E-state index is -0.250. The molecule has 0 aliphatic rings. The number of phenols is 1. The number of hydrogen-bond acceptors (Lipinski definition) is 4. The molecule has 0 fully saturated rings. The van der Waals surface area contributed by atoms with Crippen LogP contribution in [-0.4, -0.2) is 26.7 Å². The van der Waals surface area contributed by atoms with Crippen molar-refractivity contribution in [2.45, 2.75) is 0 Å². The third-order valence-corrected chi connectivity index (χ3v) is 1.76. The first kappa shape index (κ1) is 11.6. The summed E-state index contributed by atoms with van der Waals surface area (Å²) in [5.74, 6) is 0.237. The zero-order valence-electron chi connectivity index (χ0n) is 8.32. The molecule has 0 amide bonds. The Hall–Kier alpha value is -2.43. The fourth-order valence-electron chi connectivity index (χ4n) is 1.14. The van der Waals surface area contributed by atoms with Crippen LogP contribution in [0.15, 0.2) is 42.9 Å². The topological polar surface area (TPSA) is 83.3 Å². The van der Waals surface area contributed by atoms with E-state index in [1.54, 1.807) is 24.4 Å². The average Bonchev–Trinajstić information content (AvgIpc) is 2.32. The SMILES string of the molecule is O=CO.Oc1ccccc1-c1ccncn1. The maximum Gasteiger partial charge on any atom is 0.290 e.